The number of benzene rings is 1. The Morgan fingerprint density at radius 2 is 1.85 bits per heavy atom. The van der Waals surface area contributed by atoms with Crippen LogP contribution in [0.5, 0.6) is 5.75 Å². The molecule has 4 unspecified atom stereocenters. The van der Waals surface area contributed by atoms with Crippen LogP contribution in [-0.4, -0.2) is 17.9 Å². The first-order valence-corrected chi connectivity index (χ1v) is 8.76. The van der Waals surface area contributed by atoms with Crippen LogP contribution in [0.4, 0.5) is 0 Å². The Morgan fingerprint density at radius 3 is 2.60 bits per heavy atom. The van der Waals surface area contributed by atoms with E-state index in [-0.39, 0.29) is 12.1 Å². The molecular weight excluding hydrogens is 266 g/mol. The highest BCUT2D eigenvalue weighted by Crippen LogP contribution is 2.39. The molecule has 1 fully saturated rings. The van der Waals surface area contributed by atoms with Crippen molar-refractivity contribution in [3.8, 4) is 5.75 Å². The second-order valence-corrected chi connectivity index (χ2v) is 7.73. The molecule has 0 radical (unpaired) electrons. The Bertz CT molecular complexity index is 454. The van der Waals surface area contributed by atoms with E-state index in [1.54, 1.807) is 0 Å². The van der Waals surface area contributed by atoms with Crippen molar-refractivity contribution in [1.82, 2.24) is 0 Å². The van der Waals surface area contributed by atoms with Gasteiger partial charge in [0, 0.05) is 16.7 Å². The largest absolute Gasteiger partial charge is 0.487 e. The topological polar surface area (TPSA) is 35.2 Å². The summed E-state index contributed by atoms with van der Waals surface area (Å²) in [5, 5.41) is 0. The van der Waals surface area contributed by atoms with Gasteiger partial charge in [0.05, 0.1) is 0 Å². The average Bonchev–Trinajstić information content (AvgIpc) is 2.45. The van der Waals surface area contributed by atoms with E-state index in [9.17, 15) is 0 Å². The van der Waals surface area contributed by atoms with Gasteiger partial charge in [-0.1, -0.05) is 26.0 Å². The lowest BCUT2D eigenvalue weighted by Gasteiger charge is -2.39. The van der Waals surface area contributed by atoms with Gasteiger partial charge in [-0.15, -0.1) is 11.8 Å². The van der Waals surface area contributed by atoms with Gasteiger partial charge >= 0.3 is 0 Å². The van der Waals surface area contributed by atoms with E-state index in [1.165, 1.54) is 24.2 Å². The van der Waals surface area contributed by atoms with Crippen molar-refractivity contribution < 1.29 is 4.74 Å². The fourth-order valence-corrected chi connectivity index (χ4v) is 4.92. The summed E-state index contributed by atoms with van der Waals surface area (Å²) in [6, 6.07) is 8.47. The highest BCUT2D eigenvalue weighted by Gasteiger charge is 2.35. The zero-order valence-corrected chi connectivity index (χ0v) is 13.2. The summed E-state index contributed by atoms with van der Waals surface area (Å²) in [5.74, 6) is 4.22. The fraction of sp³-hybridized carbons (Fsp3) is 0.647. The van der Waals surface area contributed by atoms with Gasteiger partial charge in [-0.3, -0.25) is 0 Å². The molecule has 0 amide bonds. The summed E-state index contributed by atoms with van der Waals surface area (Å²) in [6.45, 7) is 4.72. The maximum atomic E-state index is 6.57. The molecule has 20 heavy (non-hydrogen) atoms. The van der Waals surface area contributed by atoms with Crippen molar-refractivity contribution in [3.05, 3.63) is 24.3 Å². The van der Waals surface area contributed by atoms with Crippen LogP contribution >= 0.6 is 11.8 Å². The third kappa shape index (κ3) is 2.99. The summed E-state index contributed by atoms with van der Waals surface area (Å²) in [5.41, 5.74) is 6.57. The van der Waals surface area contributed by atoms with Crippen LogP contribution in [0.1, 0.15) is 33.1 Å². The molecule has 0 aromatic heterocycles. The standard InChI is InChI=1S/C17H25NOS/c1-11-7-12(2)9-13(8-11)17(18)15-10-20-16-6-4-3-5-14(16)19-15/h3-6,11-13,15,17H,7-10,18H2,1-2H3. The van der Waals surface area contributed by atoms with Crippen molar-refractivity contribution in [2.45, 2.75) is 50.2 Å². The third-order valence-corrected chi connectivity index (χ3v) is 5.86. The first kappa shape index (κ1) is 14.3. The lowest BCUT2D eigenvalue weighted by Crippen LogP contribution is -2.48. The smallest absolute Gasteiger partial charge is 0.133 e. The Hall–Kier alpha value is -0.670. The molecule has 3 rings (SSSR count). The molecule has 0 spiro atoms. The quantitative estimate of drug-likeness (QED) is 0.896. The van der Waals surface area contributed by atoms with Crippen LogP contribution in [0.25, 0.3) is 0 Å². The van der Waals surface area contributed by atoms with Crippen LogP contribution in [0.2, 0.25) is 0 Å². The van der Waals surface area contributed by atoms with Crippen molar-refractivity contribution in [1.29, 1.82) is 0 Å². The van der Waals surface area contributed by atoms with Gasteiger partial charge < -0.3 is 10.5 Å². The number of hydrogen-bond acceptors (Lipinski definition) is 3. The summed E-state index contributed by atoms with van der Waals surface area (Å²) in [7, 11) is 0. The van der Waals surface area contributed by atoms with Crippen molar-refractivity contribution in [3.63, 3.8) is 0 Å². The monoisotopic (exact) mass is 291 g/mol. The number of para-hydroxylation sites is 1. The molecule has 1 aromatic carbocycles. The van der Waals surface area contributed by atoms with E-state index in [0.29, 0.717) is 5.92 Å². The summed E-state index contributed by atoms with van der Waals surface area (Å²) in [6.07, 6.45) is 4.04. The predicted octanol–water partition coefficient (Wildman–Crippen LogP) is 3.94. The highest BCUT2D eigenvalue weighted by atomic mass is 32.2. The molecule has 110 valence electrons. The zero-order chi connectivity index (χ0) is 14.1. The maximum Gasteiger partial charge on any atom is 0.133 e. The van der Waals surface area contributed by atoms with Crippen molar-refractivity contribution in [2.24, 2.45) is 23.5 Å². The van der Waals surface area contributed by atoms with E-state index in [0.717, 1.165) is 23.3 Å². The number of thioether (sulfide) groups is 1. The molecule has 1 aliphatic heterocycles. The minimum absolute atomic E-state index is 0.164. The maximum absolute atomic E-state index is 6.57. The fourth-order valence-electron chi connectivity index (χ4n) is 3.85. The van der Waals surface area contributed by atoms with E-state index < -0.39 is 0 Å². The second-order valence-electron chi connectivity index (χ2n) is 6.67. The van der Waals surface area contributed by atoms with Gasteiger partial charge in [-0.25, -0.2) is 0 Å². The lowest BCUT2D eigenvalue weighted by atomic mass is 9.73. The molecule has 2 N–H and O–H groups in total. The molecule has 1 aromatic rings. The highest BCUT2D eigenvalue weighted by molar-refractivity contribution is 7.99. The van der Waals surface area contributed by atoms with E-state index in [2.05, 4.69) is 32.0 Å². The minimum Gasteiger partial charge on any atom is -0.487 e. The number of rotatable bonds is 2. The molecule has 1 heterocycles. The molecule has 1 aliphatic carbocycles. The molecule has 0 bridgehead atoms. The van der Waals surface area contributed by atoms with E-state index in [1.807, 2.05) is 17.8 Å². The van der Waals surface area contributed by atoms with Gasteiger partial charge in [0.2, 0.25) is 0 Å². The molecule has 3 heteroatoms. The van der Waals surface area contributed by atoms with E-state index in [4.69, 9.17) is 10.5 Å². The Morgan fingerprint density at radius 1 is 1.15 bits per heavy atom. The first-order chi connectivity index (χ1) is 9.63. The minimum atomic E-state index is 0.164. The van der Waals surface area contributed by atoms with Crippen LogP contribution in [0, 0.1) is 17.8 Å². The Labute approximate surface area is 126 Å². The summed E-state index contributed by atoms with van der Waals surface area (Å²) in [4.78, 5) is 1.25. The van der Waals surface area contributed by atoms with Gasteiger partial charge in [0.1, 0.15) is 11.9 Å². The first-order valence-electron chi connectivity index (χ1n) is 7.77. The molecular formula is C17H25NOS. The van der Waals surface area contributed by atoms with Gasteiger partial charge in [-0.05, 0) is 49.1 Å². The number of ether oxygens (including phenoxy) is 1. The van der Waals surface area contributed by atoms with Crippen LogP contribution in [0.3, 0.4) is 0 Å². The lowest BCUT2D eigenvalue weighted by molar-refractivity contribution is 0.109. The average molecular weight is 291 g/mol. The molecule has 1 saturated carbocycles. The third-order valence-electron chi connectivity index (χ3n) is 4.72. The zero-order valence-electron chi connectivity index (χ0n) is 12.4. The summed E-state index contributed by atoms with van der Waals surface area (Å²) >= 11 is 1.89. The second kappa shape index (κ2) is 5.98. The van der Waals surface area contributed by atoms with Crippen molar-refractivity contribution >= 4 is 11.8 Å². The van der Waals surface area contributed by atoms with Crippen LogP contribution in [-0.2, 0) is 0 Å². The predicted molar refractivity (Wildman–Crippen MR) is 85.2 cm³/mol. The SMILES string of the molecule is CC1CC(C)CC(C(N)C2CSc3ccccc3O2)C1. The normalized spacial score (nSPS) is 35.0. The van der Waals surface area contributed by atoms with Crippen LogP contribution in [0.15, 0.2) is 29.2 Å². The van der Waals surface area contributed by atoms with Gasteiger partial charge in [-0.2, -0.15) is 0 Å². The van der Waals surface area contributed by atoms with Crippen molar-refractivity contribution in [2.75, 3.05) is 5.75 Å². The number of nitrogens with two attached hydrogens (primary N) is 1. The van der Waals surface area contributed by atoms with Gasteiger partial charge in [0.25, 0.3) is 0 Å². The van der Waals surface area contributed by atoms with E-state index >= 15 is 0 Å². The summed E-state index contributed by atoms with van der Waals surface area (Å²) < 4.78 is 6.17. The molecule has 4 atom stereocenters. The molecule has 0 saturated heterocycles. The van der Waals surface area contributed by atoms with Crippen LogP contribution < -0.4 is 10.5 Å². The number of fused-ring (bicyclic) bond motifs is 1. The van der Waals surface area contributed by atoms with Gasteiger partial charge in [0.15, 0.2) is 0 Å². The number of hydrogen-bond donors (Lipinski definition) is 1. The Kier molecular flexibility index (Phi) is 4.27. The molecule has 2 aliphatic rings. The molecule has 2 nitrogen and oxygen atoms in total. The Balaban J connectivity index is 1.68.